The van der Waals surface area contributed by atoms with Gasteiger partial charge in [0.25, 0.3) is 10.0 Å². The third-order valence-corrected chi connectivity index (χ3v) is 6.67. The molecule has 186 valence electrons. The summed E-state index contributed by atoms with van der Waals surface area (Å²) in [6.45, 7) is -0.818. The molecule has 3 aromatic rings. The average Bonchev–Trinajstić information content (AvgIpc) is 2.87. The quantitative estimate of drug-likeness (QED) is 0.438. The summed E-state index contributed by atoms with van der Waals surface area (Å²) in [6.07, 6.45) is 0. The summed E-state index contributed by atoms with van der Waals surface area (Å²) >= 11 is 0. The molecule has 35 heavy (non-hydrogen) atoms. The number of amides is 1. The molecule has 0 spiro atoms. The number of ether oxygens (including phenoxy) is 3. The molecule has 12 heteroatoms. The van der Waals surface area contributed by atoms with Crippen molar-refractivity contribution >= 4 is 27.3 Å². The average molecular weight is 510 g/mol. The van der Waals surface area contributed by atoms with Gasteiger partial charge in [-0.25, -0.2) is 21.6 Å². The highest BCUT2D eigenvalue weighted by Crippen LogP contribution is 2.32. The van der Waals surface area contributed by atoms with E-state index in [1.54, 1.807) is 0 Å². The van der Waals surface area contributed by atoms with Crippen LogP contribution >= 0.6 is 0 Å². The van der Waals surface area contributed by atoms with Gasteiger partial charge in [-0.1, -0.05) is 0 Å². The van der Waals surface area contributed by atoms with Gasteiger partial charge in [-0.3, -0.25) is 9.10 Å². The normalized spacial score (nSPS) is 11.0. The number of hydrogen-bond acceptors (Lipinski definition) is 6. The van der Waals surface area contributed by atoms with Crippen molar-refractivity contribution < 1.29 is 40.6 Å². The lowest BCUT2D eigenvalue weighted by Gasteiger charge is -2.24. The second-order valence-electron chi connectivity index (χ2n) is 7.00. The largest absolute Gasteiger partial charge is 0.497 e. The Morgan fingerprint density at radius 2 is 1.51 bits per heavy atom. The Balaban J connectivity index is 2.01. The highest BCUT2D eigenvalue weighted by Gasteiger charge is 2.29. The molecule has 0 bridgehead atoms. The number of nitrogens with zero attached hydrogens (tertiary/aromatic N) is 1. The molecule has 8 nitrogen and oxygen atoms in total. The molecule has 0 aliphatic carbocycles. The van der Waals surface area contributed by atoms with Gasteiger partial charge in [0.2, 0.25) is 5.91 Å². The standard InChI is InChI=1S/C23H21F3N2O6S/c1-32-15-6-4-14(5-7-15)28(13-21(29)27-18-10-9-17(24)22(25)23(18)26)35(30,31)16-8-11-19(33-2)20(12-16)34-3/h4-12H,13H2,1-3H3,(H,27,29). The van der Waals surface area contributed by atoms with E-state index in [1.807, 2.05) is 0 Å². The highest BCUT2D eigenvalue weighted by molar-refractivity contribution is 7.92. The van der Waals surface area contributed by atoms with Crippen molar-refractivity contribution in [3.05, 3.63) is 72.0 Å². The van der Waals surface area contributed by atoms with Gasteiger partial charge in [-0.15, -0.1) is 0 Å². The first-order valence-electron chi connectivity index (χ1n) is 9.94. The molecule has 0 unspecified atom stereocenters. The van der Waals surface area contributed by atoms with Crippen molar-refractivity contribution in [2.45, 2.75) is 4.90 Å². The van der Waals surface area contributed by atoms with Crippen LogP contribution < -0.4 is 23.8 Å². The lowest BCUT2D eigenvalue weighted by Crippen LogP contribution is -2.38. The number of nitrogens with one attached hydrogen (secondary N) is 1. The first-order valence-corrected chi connectivity index (χ1v) is 11.4. The maximum absolute atomic E-state index is 14.0. The van der Waals surface area contributed by atoms with Crippen molar-refractivity contribution in [3.8, 4) is 17.2 Å². The van der Waals surface area contributed by atoms with Gasteiger partial charge in [-0.05, 0) is 48.5 Å². The van der Waals surface area contributed by atoms with Gasteiger partial charge in [0.15, 0.2) is 29.0 Å². The Labute approximate surface area is 199 Å². The fourth-order valence-electron chi connectivity index (χ4n) is 3.11. The molecule has 1 amide bonds. The Kier molecular flexibility index (Phi) is 7.75. The maximum Gasteiger partial charge on any atom is 0.264 e. The molecule has 0 aliphatic heterocycles. The van der Waals surface area contributed by atoms with Crippen molar-refractivity contribution in [1.29, 1.82) is 0 Å². The van der Waals surface area contributed by atoms with Gasteiger partial charge in [-0.2, -0.15) is 0 Å². The van der Waals surface area contributed by atoms with Gasteiger partial charge >= 0.3 is 0 Å². The van der Waals surface area contributed by atoms with E-state index >= 15 is 0 Å². The van der Waals surface area contributed by atoms with Crippen LogP contribution in [0.25, 0.3) is 0 Å². The third-order valence-electron chi connectivity index (χ3n) is 4.90. The van der Waals surface area contributed by atoms with Gasteiger partial charge < -0.3 is 19.5 Å². The molecule has 0 fully saturated rings. The van der Waals surface area contributed by atoms with Gasteiger partial charge in [0.05, 0.1) is 37.6 Å². The predicted molar refractivity (Wildman–Crippen MR) is 122 cm³/mol. The summed E-state index contributed by atoms with van der Waals surface area (Å²) in [5, 5.41) is 2.07. The van der Waals surface area contributed by atoms with Crippen LogP contribution in [-0.4, -0.2) is 42.2 Å². The van der Waals surface area contributed by atoms with Crippen molar-refractivity contribution in [1.82, 2.24) is 0 Å². The van der Waals surface area contributed by atoms with E-state index in [-0.39, 0.29) is 22.1 Å². The van der Waals surface area contributed by atoms with Crippen LogP contribution in [0.4, 0.5) is 24.5 Å². The van der Waals surface area contributed by atoms with Crippen molar-refractivity contribution in [2.24, 2.45) is 0 Å². The predicted octanol–water partition coefficient (Wildman–Crippen LogP) is 3.96. The molecular weight excluding hydrogens is 489 g/mol. The summed E-state index contributed by atoms with van der Waals surface area (Å²) in [6, 6.07) is 11.1. The molecule has 0 atom stereocenters. The molecule has 0 aromatic heterocycles. The fourth-order valence-corrected chi connectivity index (χ4v) is 4.55. The van der Waals surface area contributed by atoms with E-state index in [0.29, 0.717) is 11.8 Å². The van der Waals surface area contributed by atoms with E-state index in [0.717, 1.165) is 10.4 Å². The minimum atomic E-state index is -4.38. The summed E-state index contributed by atoms with van der Waals surface area (Å²) in [4.78, 5) is 12.5. The Morgan fingerprint density at radius 1 is 0.857 bits per heavy atom. The summed E-state index contributed by atoms with van der Waals surface area (Å²) in [5.41, 5.74) is -0.561. The summed E-state index contributed by atoms with van der Waals surface area (Å²) < 4.78 is 84.0. The second-order valence-corrected chi connectivity index (χ2v) is 8.86. The van der Waals surface area contributed by atoms with Gasteiger partial charge in [0.1, 0.15) is 12.3 Å². The van der Waals surface area contributed by atoms with E-state index in [4.69, 9.17) is 14.2 Å². The third kappa shape index (κ3) is 5.43. The summed E-state index contributed by atoms with van der Waals surface area (Å²) in [5.74, 6) is -4.97. The lowest BCUT2D eigenvalue weighted by atomic mass is 10.2. The second kappa shape index (κ2) is 10.6. The topological polar surface area (TPSA) is 94.2 Å². The van der Waals surface area contributed by atoms with Crippen LogP contribution in [0.3, 0.4) is 0 Å². The number of methoxy groups -OCH3 is 3. The number of sulfonamides is 1. The molecule has 0 saturated carbocycles. The van der Waals surface area contributed by atoms with Crippen LogP contribution in [0.1, 0.15) is 0 Å². The van der Waals surface area contributed by atoms with Gasteiger partial charge in [0, 0.05) is 6.07 Å². The molecule has 0 radical (unpaired) electrons. The first kappa shape index (κ1) is 25.7. The van der Waals surface area contributed by atoms with Crippen molar-refractivity contribution in [3.63, 3.8) is 0 Å². The van der Waals surface area contributed by atoms with Crippen LogP contribution in [-0.2, 0) is 14.8 Å². The monoisotopic (exact) mass is 510 g/mol. The van der Waals surface area contributed by atoms with Crippen molar-refractivity contribution in [2.75, 3.05) is 37.5 Å². The van der Waals surface area contributed by atoms with E-state index < -0.39 is 45.6 Å². The number of carbonyl (C=O) groups excluding carboxylic acids is 1. The minimum Gasteiger partial charge on any atom is -0.497 e. The molecule has 3 aromatic carbocycles. The van der Waals surface area contributed by atoms with Crippen LogP contribution in [0.15, 0.2) is 59.5 Å². The SMILES string of the molecule is COc1ccc(N(CC(=O)Nc2ccc(F)c(F)c2F)S(=O)(=O)c2ccc(OC)c(OC)c2)cc1. The number of rotatable bonds is 9. The molecule has 3 rings (SSSR count). The number of carbonyl (C=O) groups is 1. The maximum atomic E-state index is 14.0. The smallest absolute Gasteiger partial charge is 0.264 e. The van der Waals surface area contributed by atoms with Crippen LogP contribution in [0.2, 0.25) is 0 Å². The van der Waals surface area contributed by atoms with E-state index in [9.17, 15) is 26.4 Å². The van der Waals surface area contributed by atoms with E-state index in [1.165, 1.54) is 63.8 Å². The summed E-state index contributed by atoms with van der Waals surface area (Å²) in [7, 11) is -0.229. The number of anilines is 2. The molecular formula is C23H21F3N2O6S. The molecule has 0 heterocycles. The Morgan fingerprint density at radius 3 is 2.11 bits per heavy atom. The number of hydrogen-bond donors (Lipinski definition) is 1. The van der Waals surface area contributed by atoms with Crippen LogP contribution in [0.5, 0.6) is 17.2 Å². The zero-order valence-electron chi connectivity index (χ0n) is 18.8. The minimum absolute atomic E-state index is 0.0847. The molecule has 0 saturated heterocycles. The Hall–Kier alpha value is -3.93. The van der Waals surface area contributed by atoms with E-state index in [2.05, 4.69) is 5.32 Å². The number of halogens is 3. The highest BCUT2D eigenvalue weighted by atomic mass is 32.2. The molecule has 0 aliphatic rings. The zero-order valence-corrected chi connectivity index (χ0v) is 19.7. The zero-order chi connectivity index (χ0) is 25.8. The number of benzene rings is 3. The van der Waals surface area contributed by atoms with Crippen LogP contribution in [0, 0.1) is 17.5 Å². The Bertz CT molecular complexity index is 1330. The first-order chi connectivity index (χ1) is 16.6. The fraction of sp³-hybridized carbons (Fsp3) is 0.174. The molecule has 1 N–H and O–H groups in total. The lowest BCUT2D eigenvalue weighted by molar-refractivity contribution is -0.114.